The first kappa shape index (κ1) is 17.5. The molecule has 0 bridgehead atoms. The van der Waals surface area contributed by atoms with E-state index in [1.807, 2.05) is 0 Å². The Kier molecular flexibility index (Phi) is 5.13. The average Bonchev–Trinajstić information content (AvgIpc) is 2.48. The van der Waals surface area contributed by atoms with E-state index in [9.17, 15) is 27.9 Å². The van der Waals surface area contributed by atoms with Crippen molar-refractivity contribution < 1.29 is 23.1 Å². The van der Waals surface area contributed by atoms with Crippen LogP contribution in [-0.4, -0.2) is 39.7 Å². The van der Waals surface area contributed by atoms with Crippen LogP contribution < -0.4 is 5.56 Å². The van der Waals surface area contributed by atoms with Crippen LogP contribution in [0.5, 0.6) is 0 Å². The molecule has 0 spiro atoms. The van der Waals surface area contributed by atoms with Crippen molar-refractivity contribution in [2.45, 2.75) is 38.6 Å². The molecule has 1 amide bonds. The Hall–Kier alpha value is -1.83. The van der Waals surface area contributed by atoms with Crippen LogP contribution in [0.25, 0.3) is 0 Å². The molecule has 8 heteroatoms. The van der Waals surface area contributed by atoms with Crippen molar-refractivity contribution >= 4 is 5.91 Å². The van der Waals surface area contributed by atoms with Crippen molar-refractivity contribution in [3.63, 3.8) is 0 Å². The summed E-state index contributed by atoms with van der Waals surface area (Å²) in [5.41, 5.74) is -2.51. The highest BCUT2D eigenvalue weighted by molar-refractivity contribution is 5.76. The Bertz CT molecular complexity index is 625. The molecular weight excluding hydrogens is 313 g/mol. The van der Waals surface area contributed by atoms with E-state index in [1.165, 1.54) is 11.1 Å². The maximum atomic E-state index is 12.7. The van der Waals surface area contributed by atoms with E-state index in [-0.39, 0.29) is 5.92 Å². The summed E-state index contributed by atoms with van der Waals surface area (Å²) in [6, 6.07) is 1.81. The molecule has 0 saturated carbocycles. The zero-order chi connectivity index (χ0) is 17.2. The van der Waals surface area contributed by atoms with E-state index < -0.39 is 35.9 Å². The summed E-state index contributed by atoms with van der Waals surface area (Å²) in [6.07, 6.45) is -2.61. The molecule has 5 nitrogen and oxygen atoms in total. The molecule has 1 aliphatic heterocycles. The van der Waals surface area contributed by atoms with Gasteiger partial charge in [-0.3, -0.25) is 9.59 Å². The van der Waals surface area contributed by atoms with Gasteiger partial charge in [0.25, 0.3) is 5.56 Å². The highest BCUT2D eigenvalue weighted by Crippen LogP contribution is 2.26. The van der Waals surface area contributed by atoms with Gasteiger partial charge in [0.05, 0.1) is 6.10 Å². The summed E-state index contributed by atoms with van der Waals surface area (Å²) in [5, 5.41) is 9.62. The maximum Gasteiger partial charge on any atom is 0.421 e. The fourth-order valence-corrected chi connectivity index (χ4v) is 2.75. The van der Waals surface area contributed by atoms with Crippen LogP contribution in [0.1, 0.15) is 25.3 Å². The molecule has 0 aromatic carbocycles. The largest absolute Gasteiger partial charge is 0.421 e. The van der Waals surface area contributed by atoms with Crippen molar-refractivity contribution in [1.29, 1.82) is 0 Å². The second-order valence-electron chi connectivity index (χ2n) is 5.84. The van der Waals surface area contributed by atoms with Gasteiger partial charge < -0.3 is 14.6 Å². The van der Waals surface area contributed by atoms with Crippen molar-refractivity contribution in [1.82, 2.24) is 9.47 Å². The Morgan fingerprint density at radius 1 is 1.48 bits per heavy atom. The lowest BCUT2D eigenvalue weighted by Crippen LogP contribution is -2.45. The fourth-order valence-electron chi connectivity index (χ4n) is 2.75. The Morgan fingerprint density at radius 3 is 2.78 bits per heavy atom. The monoisotopic (exact) mass is 332 g/mol. The third kappa shape index (κ3) is 4.13. The molecule has 1 fully saturated rings. The van der Waals surface area contributed by atoms with Crippen LogP contribution in [0.4, 0.5) is 13.2 Å². The number of pyridine rings is 1. The third-order valence-electron chi connectivity index (χ3n) is 4.12. The minimum atomic E-state index is -4.74. The predicted octanol–water partition coefficient (Wildman–Crippen LogP) is 1.49. The molecule has 1 N–H and O–H groups in total. The van der Waals surface area contributed by atoms with Gasteiger partial charge in [-0.2, -0.15) is 13.2 Å². The number of amides is 1. The first-order valence-electron chi connectivity index (χ1n) is 7.42. The van der Waals surface area contributed by atoms with Crippen molar-refractivity contribution in [3.05, 3.63) is 34.2 Å². The molecule has 1 saturated heterocycles. The van der Waals surface area contributed by atoms with Crippen LogP contribution in [0, 0.1) is 5.92 Å². The first-order chi connectivity index (χ1) is 10.7. The SMILES string of the molecule is CC(O)C1CCCN(C(=O)Cn2cccc(C(F)(F)F)c2=O)C1. The van der Waals surface area contributed by atoms with E-state index in [0.29, 0.717) is 19.2 Å². The average molecular weight is 332 g/mol. The number of rotatable bonds is 3. The number of carbonyl (C=O) groups is 1. The van der Waals surface area contributed by atoms with Crippen LogP contribution in [-0.2, 0) is 17.5 Å². The van der Waals surface area contributed by atoms with Crippen molar-refractivity contribution in [2.24, 2.45) is 5.92 Å². The van der Waals surface area contributed by atoms with Gasteiger partial charge in [0.1, 0.15) is 12.1 Å². The number of aliphatic hydroxyl groups excluding tert-OH is 1. The quantitative estimate of drug-likeness (QED) is 0.912. The molecule has 128 valence electrons. The number of aliphatic hydroxyl groups is 1. The zero-order valence-corrected chi connectivity index (χ0v) is 12.7. The number of carbonyl (C=O) groups excluding carboxylic acids is 1. The Balaban J connectivity index is 2.13. The Morgan fingerprint density at radius 2 is 2.17 bits per heavy atom. The van der Waals surface area contributed by atoms with Crippen molar-refractivity contribution in [3.8, 4) is 0 Å². The molecule has 23 heavy (non-hydrogen) atoms. The summed E-state index contributed by atoms with van der Waals surface area (Å²) in [6.45, 7) is 2.05. The number of alkyl halides is 3. The first-order valence-corrected chi connectivity index (χ1v) is 7.42. The molecule has 0 radical (unpaired) electrons. The van der Waals surface area contributed by atoms with Gasteiger partial charge in [0.15, 0.2) is 0 Å². The normalized spacial score (nSPS) is 20.4. The minimum Gasteiger partial charge on any atom is -0.393 e. The number of likely N-dealkylation sites (tertiary alicyclic amines) is 1. The van der Waals surface area contributed by atoms with Gasteiger partial charge in [-0.1, -0.05) is 0 Å². The van der Waals surface area contributed by atoms with E-state index >= 15 is 0 Å². The molecular formula is C15H19F3N2O3. The predicted molar refractivity (Wildman–Crippen MR) is 76.7 cm³/mol. The lowest BCUT2D eigenvalue weighted by Gasteiger charge is -2.34. The summed E-state index contributed by atoms with van der Waals surface area (Å²) in [5.74, 6) is -0.470. The molecule has 2 unspecified atom stereocenters. The lowest BCUT2D eigenvalue weighted by atomic mass is 9.93. The van der Waals surface area contributed by atoms with E-state index in [4.69, 9.17) is 0 Å². The van der Waals surface area contributed by atoms with Gasteiger partial charge in [0, 0.05) is 25.2 Å². The highest BCUT2D eigenvalue weighted by atomic mass is 19.4. The molecule has 1 aromatic rings. The molecule has 2 heterocycles. The fraction of sp³-hybridized carbons (Fsp3) is 0.600. The number of halogens is 3. The number of hydrogen-bond acceptors (Lipinski definition) is 3. The number of nitrogens with zero attached hydrogens (tertiary/aromatic N) is 2. The molecule has 1 aliphatic rings. The smallest absolute Gasteiger partial charge is 0.393 e. The minimum absolute atomic E-state index is 0.0501. The van der Waals surface area contributed by atoms with Gasteiger partial charge >= 0.3 is 6.18 Å². The summed E-state index contributed by atoms with van der Waals surface area (Å²) >= 11 is 0. The lowest BCUT2D eigenvalue weighted by molar-refractivity contribution is -0.140. The zero-order valence-electron chi connectivity index (χ0n) is 12.7. The standard InChI is InChI=1S/C15H19F3N2O3/c1-10(21)11-4-2-6-19(8-11)13(22)9-20-7-3-5-12(14(20)23)15(16,17)18/h3,5,7,10-11,21H,2,4,6,8-9H2,1H3. The molecule has 2 rings (SSSR count). The third-order valence-corrected chi connectivity index (χ3v) is 4.12. The Labute approximate surface area is 131 Å². The van der Waals surface area contributed by atoms with Gasteiger partial charge in [-0.25, -0.2) is 0 Å². The summed E-state index contributed by atoms with van der Waals surface area (Å²) in [4.78, 5) is 25.6. The van der Waals surface area contributed by atoms with Crippen LogP contribution in [0.2, 0.25) is 0 Å². The second kappa shape index (κ2) is 6.74. The number of aromatic nitrogens is 1. The second-order valence-corrected chi connectivity index (χ2v) is 5.84. The summed E-state index contributed by atoms with van der Waals surface area (Å²) < 4.78 is 38.9. The van der Waals surface area contributed by atoms with Crippen LogP contribution >= 0.6 is 0 Å². The van der Waals surface area contributed by atoms with Gasteiger partial charge in [-0.05, 0) is 31.9 Å². The van der Waals surface area contributed by atoms with Crippen LogP contribution in [0.3, 0.4) is 0 Å². The van der Waals surface area contributed by atoms with E-state index in [0.717, 1.165) is 23.5 Å². The molecule has 2 atom stereocenters. The topological polar surface area (TPSA) is 62.5 Å². The number of piperidine rings is 1. The highest BCUT2D eigenvalue weighted by Gasteiger charge is 2.34. The summed E-state index contributed by atoms with van der Waals surface area (Å²) in [7, 11) is 0. The van der Waals surface area contributed by atoms with Crippen molar-refractivity contribution in [2.75, 3.05) is 13.1 Å². The van der Waals surface area contributed by atoms with Gasteiger partial charge in [0.2, 0.25) is 5.91 Å². The molecule has 0 aliphatic carbocycles. The van der Waals surface area contributed by atoms with Crippen LogP contribution in [0.15, 0.2) is 23.1 Å². The van der Waals surface area contributed by atoms with E-state index in [2.05, 4.69) is 0 Å². The maximum absolute atomic E-state index is 12.7. The molecule has 1 aromatic heterocycles. The number of hydrogen-bond donors (Lipinski definition) is 1. The van der Waals surface area contributed by atoms with Gasteiger partial charge in [-0.15, -0.1) is 0 Å². The van der Waals surface area contributed by atoms with E-state index in [1.54, 1.807) is 6.92 Å².